The molecule has 1 aliphatic heterocycles. The molecule has 1 fully saturated rings. The first kappa shape index (κ1) is 21.6. The van der Waals surface area contributed by atoms with Crippen LogP contribution in [0.1, 0.15) is 37.2 Å². The molecule has 0 bridgehead atoms. The molecular formula is C17H32IN5S. The molecule has 1 atom stereocenters. The summed E-state index contributed by atoms with van der Waals surface area (Å²) in [6, 6.07) is 0. The smallest absolute Gasteiger partial charge is 0.193 e. The Morgan fingerprint density at radius 1 is 1.38 bits per heavy atom. The summed E-state index contributed by atoms with van der Waals surface area (Å²) in [4.78, 5) is 7.31. The second kappa shape index (κ2) is 10.5. The van der Waals surface area contributed by atoms with Gasteiger partial charge in [0.05, 0.1) is 5.69 Å². The summed E-state index contributed by atoms with van der Waals surface area (Å²) < 4.78 is 1.97. The molecule has 0 radical (unpaired) electrons. The molecule has 1 N–H and O–H groups in total. The molecule has 1 aliphatic rings. The van der Waals surface area contributed by atoms with Gasteiger partial charge >= 0.3 is 0 Å². The maximum Gasteiger partial charge on any atom is 0.193 e. The maximum atomic E-state index is 4.88. The van der Waals surface area contributed by atoms with E-state index in [0.717, 1.165) is 49.5 Å². The number of halogens is 1. The molecule has 1 aromatic heterocycles. The number of hydrogen-bond acceptors (Lipinski definition) is 3. The van der Waals surface area contributed by atoms with E-state index in [1.165, 1.54) is 23.4 Å². The number of thioether (sulfide) groups is 1. The zero-order valence-electron chi connectivity index (χ0n) is 15.6. The van der Waals surface area contributed by atoms with Gasteiger partial charge in [-0.2, -0.15) is 16.9 Å². The first-order chi connectivity index (χ1) is 11.1. The highest BCUT2D eigenvalue weighted by Crippen LogP contribution is 2.21. The molecule has 1 unspecified atom stereocenters. The van der Waals surface area contributed by atoms with Crippen LogP contribution in [0.4, 0.5) is 0 Å². The van der Waals surface area contributed by atoms with Gasteiger partial charge in [0, 0.05) is 49.9 Å². The Bertz CT molecular complexity index is 543. The third kappa shape index (κ3) is 5.54. The van der Waals surface area contributed by atoms with Gasteiger partial charge in [0.25, 0.3) is 0 Å². The van der Waals surface area contributed by atoms with Crippen molar-refractivity contribution in [1.82, 2.24) is 20.0 Å². The fourth-order valence-corrected chi connectivity index (χ4v) is 4.22. The molecule has 5 nitrogen and oxygen atoms in total. The van der Waals surface area contributed by atoms with Gasteiger partial charge in [0.15, 0.2) is 5.96 Å². The van der Waals surface area contributed by atoms with Gasteiger partial charge in [-0.25, -0.2) is 0 Å². The second-order valence-corrected chi connectivity index (χ2v) is 7.51. The lowest BCUT2D eigenvalue weighted by molar-refractivity contribution is 0.408. The summed E-state index contributed by atoms with van der Waals surface area (Å²) in [5, 5.41) is 8.69. The van der Waals surface area contributed by atoms with Crippen LogP contribution in [0.3, 0.4) is 0 Å². The van der Waals surface area contributed by atoms with E-state index >= 15 is 0 Å². The van der Waals surface area contributed by atoms with Crippen molar-refractivity contribution in [2.24, 2.45) is 12.0 Å². The topological polar surface area (TPSA) is 45.5 Å². The SMILES string of the molecule is CCNC(=NCCc1c(C)nn(C)c1C)N1CCSC(CC)C1.I. The van der Waals surface area contributed by atoms with Crippen LogP contribution in [0.5, 0.6) is 0 Å². The molecule has 0 amide bonds. The van der Waals surface area contributed by atoms with E-state index in [2.05, 4.69) is 54.8 Å². The minimum atomic E-state index is 0. The van der Waals surface area contributed by atoms with Gasteiger partial charge in [-0.3, -0.25) is 9.67 Å². The van der Waals surface area contributed by atoms with Gasteiger partial charge < -0.3 is 10.2 Å². The number of hydrogen-bond donors (Lipinski definition) is 1. The van der Waals surface area contributed by atoms with Crippen molar-refractivity contribution in [2.75, 3.05) is 31.9 Å². The summed E-state index contributed by atoms with van der Waals surface area (Å²) in [6.07, 6.45) is 2.19. The van der Waals surface area contributed by atoms with Crippen molar-refractivity contribution in [3.8, 4) is 0 Å². The number of nitrogens with one attached hydrogen (secondary N) is 1. The highest BCUT2D eigenvalue weighted by Gasteiger charge is 2.21. The van der Waals surface area contributed by atoms with Gasteiger partial charge in [-0.1, -0.05) is 6.92 Å². The molecule has 0 aliphatic carbocycles. The van der Waals surface area contributed by atoms with Gasteiger partial charge in [-0.05, 0) is 39.2 Å². The molecular weight excluding hydrogens is 433 g/mol. The summed E-state index contributed by atoms with van der Waals surface area (Å²) in [6.45, 7) is 12.6. The maximum absolute atomic E-state index is 4.88. The third-order valence-corrected chi connectivity index (χ3v) is 5.88. The van der Waals surface area contributed by atoms with E-state index in [1.807, 2.05) is 11.7 Å². The molecule has 2 rings (SSSR count). The standard InChI is InChI=1S/C17H31N5S.HI/c1-6-15-12-22(10-11-23-15)17(18-7-2)19-9-8-16-13(3)20-21(5)14(16)4;/h15H,6-12H2,1-5H3,(H,18,19);1H. The molecule has 1 saturated heterocycles. The first-order valence-corrected chi connectivity index (χ1v) is 9.75. The Balaban J connectivity index is 0.00000288. The Kier molecular flexibility index (Phi) is 9.48. The molecule has 138 valence electrons. The van der Waals surface area contributed by atoms with Crippen molar-refractivity contribution in [1.29, 1.82) is 0 Å². The van der Waals surface area contributed by atoms with Gasteiger partial charge in [-0.15, -0.1) is 24.0 Å². The van der Waals surface area contributed by atoms with Crippen LogP contribution in [0.15, 0.2) is 4.99 Å². The molecule has 0 spiro atoms. The molecule has 24 heavy (non-hydrogen) atoms. The number of aryl methyl sites for hydroxylation is 2. The van der Waals surface area contributed by atoms with Crippen LogP contribution in [0.25, 0.3) is 0 Å². The lowest BCUT2D eigenvalue weighted by Crippen LogP contribution is -2.48. The fraction of sp³-hybridized carbons (Fsp3) is 0.765. The number of aromatic nitrogens is 2. The summed E-state index contributed by atoms with van der Waals surface area (Å²) in [7, 11) is 2.01. The summed E-state index contributed by atoms with van der Waals surface area (Å²) in [5.74, 6) is 2.27. The summed E-state index contributed by atoms with van der Waals surface area (Å²) >= 11 is 2.09. The average molecular weight is 465 g/mol. The van der Waals surface area contributed by atoms with Crippen LogP contribution >= 0.6 is 35.7 Å². The molecule has 2 heterocycles. The average Bonchev–Trinajstić information content (AvgIpc) is 2.80. The zero-order valence-corrected chi connectivity index (χ0v) is 18.8. The van der Waals surface area contributed by atoms with Crippen LogP contribution in [0.2, 0.25) is 0 Å². The van der Waals surface area contributed by atoms with Crippen molar-refractivity contribution < 1.29 is 0 Å². The Labute approximate surface area is 168 Å². The minimum Gasteiger partial charge on any atom is -0.357 e. The minimum absolute atomic E-state index is 0. The molecule has 0 aromatic carbocycles. The second-order valence-electron chi connectivity index (χ2n) is 6.11. The van der Waals surface area contributed by atoms with Crippen LogP contribution in [0, 0.1) is 13.8 Å². The molecule has 0 saturated carbocycles. The highest BCUT2D eigenvalue weighted by atomic mass is 127. The predicted molar refractivity (Wildman–Crippen MR) is 116 cm³/mol. The van der Waals surface area contributed by atoms with Crippen molar-refractivity contribution in [3.63, 3.8) is 0 Å². The summed E-state index contributed by atoms with van der Waals surface area (Å²) in [5.41, 5.74) is 3.72. The van der Waals surface area contributed by atoms with E-state index in [4.69, 9.17) is 4.99 Å². The lowest BCUT2D eigenvalue weighted by atomic mass is 10.1. The van der Waals surface area contributed by atoms with Crippen LogP contribution in [-0.2, 0) is 13.5 Å². The number of rotatable bonds is 5. The van der Waals surface area contributed by atoms with E-state index in [9.17, 15) is 0 Å². The molecule has 1 aromatic rings. The van der Waals surface area contributed by atoms with Crippen LogP contribution in [-0.4, -0.2) is 57.8 Å². The largest absolute Gasteiger partial charge is 0.357 e. The van der Waals surface area contributed by atoms with Crippen molar-refractivity contribution in [2.45, 2.75) is 45.8 Å². The number of guanidine groups is 1. The third-order valence-electron chi connectivity index (χ3n) is 4.51. The first-order valence-electron chi connectivity index (χ1n) is 8.70. The monoisotopic (exact) mass is 465 g/mol. The predicted octanol–water partition coefficient (Wildman–Crippen LogP) is 2.99. The number of aliphatic imine (C=N–C) groups is 1. The van der Waals surface area contributed by atoms with Crippen molar-refractivity contribution >= 4 is 41.7 Å². The van der Waals surface area contributed by atoms with E-state index in [1.54, 1.807) is 0 Å². The quantitative estimate of drug-likeness (QED) is 0.413. The fourth-order valence-electron chi connectivity index (χ4n) is 3.04. The van der Waals surface area contributed by atoms with Crippen molar-refractivity contribution in [3.05, 3.63) is 17.0 Å². The Morgan fingerprint density at radius 3 is 2.71 bits per heavy atom. The Morgan fingerprint density at radius 2 is 2.12 bits per heavy atom. The normalized spacial score (nSPS) is 18.5. The van der Waals surface area contributed by atoms with E-state index < -0.39 is 0 Å². The molecule has 7 heteroatoms. The highest BCUT2D eigenvalue weighted by molar-refractivity contribution is 14.0. The lowest BCUT2D eigenvalue weighted by Gasteiger charge is -2.34. The number of nitrogens with zero attached hydrogens (tertiary/aromatic N) is 4. The Hall–Kier alpha value is -0.440. The van der Waals surface area contributed by atoms with Gasteiger partial charge in [0.1, 0.15) is 0 Å². The van der Waals surface area contributed by atoms with Crippen LogP contribution < -0.4 is 5.32 Å². The van der Waals surface area contributed by atoms with E-state index in [0.29, 0.717) is 0 Å². The zero-order chi connectivity index (χ0) is 16.8. The van der Waals surface area contributed by atoms with E-state index in [-0.39, 0.29) is 24.0 Å². The van der Waals surface area contributed by atoms with Gasteiger partial charge in [0.2, 0.25) is 0 Å².